The average molecular weight is 400 g/mol. The molecule has 0 aliphatic heterocycles. The summed E-state index contributed by atoms with van der Waals surface area (Å²) in [5.74, 6) is 3.43. The van der Waals surface area contributed by atoms with Crippen LogP contribution in [0.2, 0.25) is 0 Å². The molecule has 0 spiro atoms. The standard InChI is InChI=1S/C19H26FI/c1-13-2-4-14(5-3-13)15-6-8-16(9-7-15)17-10-11-19(21)18(20)12-17/h10-16H,2-9H2,1H3. The van der Waals surface area contributed by atoms with Gasteiger partial charge in [0.1, 0.15) is 5.82 Å². The molecule has 2 saturated carbocycles. The second-order valence-corrected chi connectivity index (χ2v) is 8.47. The van der Waals surface area contributed by atoms with Crippen LogP contribution in [0.15, 0.2) is 18.2 Å². The van der Waals surface area contributed by atoms with Crippen LogP contribution < -0.4 is 0 Å². The predicted octanol–water partition coefficient (Wildman–Crippen LogP) is 6.53. The highest BCUT2D eigenvalue weighted by molar-refractivity contribution is 14.1. The number of hydrogen-bond acceptors (Lipinski definition) is 0. The van der Waals surface area contributed by atoms with Gasteiger partial charge in [0, 0.05) is 3.57 Å². The molecule has 0 aromatic heterocycles. The zero-order valence-corrected chi connectivity index (χ0v) is 15.1. The molecule has 0 unspecified atom stereocenters. The molecule has 0 atom stereocenters. The van der Waals surface area contributed by atoms with Gasteiger partial charge in [-0.1, -0.05) is 25.8 Å². The zero-order valence-electron chi connectivity index (χ0n) is 13.0. The van der Waals surface area contributed by atoms with Crippen molar-refractivity contribution >= 4 is 22.6 Å². The zero-order chi connectivity index (χ0) is 14.8. The van der Waals surface area contributed by atoms with Gasteiger partial charge in [-0.2, -0.15) is 0 Å². The third-order valence-corrected chi connectivity index (χ3v) is 6.79. The van der Waals surface area contributed by atoms with E-state index in [2.05, 4.69) is 35.6 Å². The fraction of sp³-hybridized carbons (Fsp3) is 0.684. The molecule has 2 aliphatic rings. The van der Waals surface area contributed by atoms with E-state index in [9.17, 15) is 4.39 Å². The molecule has 0 saturated heterocycles. The van der Waals surface area contributed by atoms with E-state index in [0.29, 0.717) is 5.92 Å². The monoisotopic (exact) mass is 400 g/mol. The summed E-state index contributed by atoms with van der Waals surface area (Å²) in [7, 11) is 0. The molecule has 0 bridgehead atoms. The van der Waals surface area contributed by atoms with Crippen LogP contribution in [0.1, 0.15) is 69.8 Å². The van der Waals surface area contributed by atoms with Gasteiger partial charge in [-0.25, -0.2) is 4.39 Å². The minimum absolute atomic E-state index is 0.0449. The fourth-order valence-electron chi connectivity index (χ4n) is 4.45. The topological polar surface area (TPSA) is 0 Å². The normalized spacial score (nSPS) is 33.9. The van der Waals surface area contributed by atoms with Crippen molar-refractivity contribution in [1.82, 2.24) is 0 Å². The summed E-state index contributed by atoms with van der Waals surface area (Å²) in [5, 5.41) is 0. The molecule has 3 rings (SSSR count). The van der Waals surface area contributed by atoms with Gasteiger partial charge in [0.05, 0.1) is 0 Å². The fourth-order valence-corrected chi connectivity index (χ4v) is 4.78. The molecule has 0 amide bonds. The molecular weight excluding hydrogens is 374 g/mol. The van der Waals surface area contributed by atoms with Crippen LogP contribution in [-0.2, 0) is 0 Å². The molecular formula is C19H26FI. The summed E-state index contributed by atoms with van der Waals surface area (Å²) < 4.78 is 14.5. The third kappa shape index (κ3) is 3.80. The van der Waals surface area contributed by atoms with Crippen molar-refractivity contribution < 1.29 is 4.39 Å². The molecule has 116 valence electrons. The molecule has 0 N–H and O–H groups in total. The largest absolute Gasteiger partial charge is 0.206 e. The average Bonchev–Trinajstić information content (AvgIpc) is 2.51. The summed E-state index contributed by atoms with van der Waals surface area (Å²) in [4.78, 5) is 0. The van der Waals surface area contributed by atoms with Crippen LogP contribution in [0, 0.1) is 27.1 Å². The quantitative estimate of drug-likeness (QED) is 0.495. The first-order valence-corrected chi connectivity index (χ1v) is 9.66. The van der Waals surface area contributed by atoms with Gasteiger partial charge in [-0.15, -0.1) is 0 Å². The van der Waals surface area contributed by atoms with Crippen molar-refractivity contribution in [3.8, 4) is 0 Å². The van der Waals surface area contributed by atoms with Crippen LogP contribution in [0.25, 0.3) is 0 Å². The Morgan fingerprint density at radius 2 is 1.48 bits per heavy atom. The lowest BCUT2D eigenvalue weighted by Gasteiger charge is -2.37. The van der Waals surface area contributed by atoms with E-state index in [0.717, 1.165) is 21.3 Å². The lowest BCUT2D eigenvalue weighted by atomic mass is 9.68. The lowest BCUT2D eigenvalue weighted by Crippen LogP contribution is -2.24. The van der Waals surface area contributed by atoms with Crippen LogP contribution in [0.3, 0.4) is 0 Å². The van der Waals surface area contributed by atoms with Gasteiger partial charge < -0.3 is 0 Å². The maximum atomic E-state index is 13.7. The van der Waals surface area contributed by atoms with Crippen molar-refractivity contribution in [3.63, 3.8) is 0 Å². The maximum absolute atomic E-state index is 13.7. The first-order valence-electron chi connectivity index (χ1n) is 8.58. The van der Waals surface area contributed by atoms with Crippen LogP contribution in [-0.4, -0.2) is 0 Å². The van der Waals surface area contributed by atoms with E-state index in [1.165, 1.54) is 56.9 Å². The van der Waals surface area contributed by atoms with Gasteiger partial charge in [0.2, 0.25) is 0 Å². The Bertz CT molecular complexity index is 468. The van der Waals surface area contributed by atoms with E-state index in [1.54, 1.807) is 6.07 Å². The Morgan fingerprint density at radius 3 is 2.05 bits per heavy atom. The predicted molar refractivity (Wildman–Crippen MR) is 94.9 cm³/mol. The minimum Gasteiger partial charge on any atom is -0.206 e. The molecule has 0 radical (unpaired) electrons. The first-order chi connectivity index (χ1) is 10.1. The Hall–Kier alpha value is -0.120. The van der Waals surface area contributed by atoms with Gasteiger partial charge >= 0.3 is 0 Å². The van der Waals surface area contributed by atoms with E-state index >= 15 is 0 Å². The van der Waals surface area contributed by atoms with Crippen molar-refractivity contribution in [2.24, 2.45) is 17.8 Å². The molecule has 1 aromatic rings. The Morgan fingerprint density at radius 1 is 0.905 bits per heavy atom. The highest BCUT2D eigenvalue weighted by Crippen LogP contribution is 2.43. The second-order valence-electron chi connectivity index (χ2n) is 7.31. The maximum Gasteiger partial charge on any atom is 0.136 e. The van der Waals surface area contributed by atoms with E-state index in [1.807, 2.05) is 6.07 Å². The highest BCUT2D eigenvalue weighted by Gasteiger charge is 2.30. The van der Waals surface area contributed by atoms with Crippen molar-refractivity contribution in [2.45, 2.75) is 64.2 Å². The molecule has 2 heteroatoms. The van der Waals surface area contributed by atoms with Gasteiger partial charge in [-0.3, -0.25) is 0 Å². The molecule has 1 aromatic carbocycles. The van der Waals surface area contributed by atoms with Gasteiger partial charge in [0.25, 0.3) is 0 Å². The van der Waals surface area contributed by atoms with E-state index < -0.39 is 0 Å². The summed E-state index contributed by atoms with van der Waals surface area (Å²) in [5.41, 5.74) is 1.23. The van der Waals surface area contributed by atoms with Crippen LogP contribution in [0.4, 0.5) is 4.39 Å². The van der Waals surface area contributed by atoms with Crippen molar-refractivity contribution in [1.29, 1.82) is 0 Å². The lowest BCUT2D eigenvalue weighted by molar-refractivity contribution is 0.165. The van der Waals surface area contributed by atoms with Crippen molar-refractivity contribution in [3.05, 3.63) is 33.1 Å². The molecule has 21 heavy (non-hydrogen) atoms. The second kappa shape index (κ2) is 6.97. The van der Waals surface area contributed by atoms with Crippen LogP contribution in [0.5, 0.6) is 0 Å². The Kier molecular flexibility index (Phi) is 5.23. The Balaban J connectivity index is 1.56. The summed E-state index contributed by atoms with van der Waals surface area (Å²) in [6, 6.07) is 5.84. The van der Waals surface area contributed by atoms with E-state index in [4.69, 9.17) is 0 Å². The highest BCUT2D eigenvalue weighted by atomic mass is 127. The minimum atomic E-state index is -0.0449. The number of rotatable bonds is 2. The summed E-state index contributed by atoms with van der Waals surface area (Å²) >= 11 is 2.07. The first kappa shape index (κ1) is 15.8. The summed E-state index contributed by atoms with van der Waals surface area (Å²) in [6.07, 6.45) is 11.0. The third-order valence-electron chi connectivity index (χ3n) is 5.91. The molecule has 0 nitrogen and oxygen atoms in total. The van der Waals surface area contributed by atoms with Crippen LogP contribution >= 0.6 is 22.6 Å². The smallest absolute Gasteiger partial charge is 0.136 e. The van der Waals surface area contributed by atoms with Crippen molar-refractivity contribution in [2.75, 3.05) is 0 Å². The molecule has 2 aliphatic carbocycles. The SMILES string of the molecule is CC1CCC(C2CCC(c3ccc(I)c(F)c3)CC2)CC1. The van der Waals surface area contributed by atoms with Gasteiger partial charge in [0.15, 0.2) is 0 Å². The van der Waals surface area contributed by atoms with Gasteiger partial charge in [-0.05, 0) is 102 Å². The molecule has 0 heterocycles. The number of benzene rings is 1. The summed E-state index contributed by atoms with van der Waals surface area (Å²) in [6.45, 7) is 2.40. The molecule has 2 fully saturated rings. The number of halogens is 2. The number of hydrogen-bond donors (Lipinski definition) is 0. The van der Waals surface area contributed by atoms with E-state index in [-0.39, 0.29) is 5.82 Å². The Labute approximate surface area is 142 Å².